The van der Waals surface area contributed by atoms with Crippen molar-refractivity contribution >= 4 is 11.6 Å². The summed E-state index contributed by atoms with van der Waals surface area (Å²) in [5.74, 6) is -1.93. The van der Waals surface area contributed by atoms with Crippen molar-refractivity contribution in [2.45, 2.75) is 13.0 Å². The van der Waals surface area contributed by atoms with E-state index in [4.69, 9.17) is 0 Å². The summed E-state index contributed by atoms with van der Waals surface area (Å²) < 4.78 is 26.8. The van der Waals surface area contributed by atoms with Crippen LogP contribution in [0.5, 0.6) is 0 Å². The molecule has 1 saturated heterocycles. The van der Waals surface area contributed by atoms with Gasteiger partial charge in [0, 0.05) is 25.7 Å². The highest BCUT2D eigenvalue weighted by Gasteiger charge is 2.21. The summed E-state index contributed by atoms with van der Waals surface area (Å²) in [4.78, 5) is 13.8. The van der Waals surface area contributed by atoms with E-state index in [1.807, 2.05) is 11.8 Å². The molecule has 2 rings (SSSR count). The van der Waals surface area contributed by atoms with Gasteiger partial charge >= 0.3 is 0 Å². The molecule has 4 nitrogen and oxygen atoms in total. The molecule has 0 spiro atoms. The van der Waals surface area contributed by atoms with Crippen LogP contribution in [0.2, 0.25) is 0 Å². The molecule has 1 aliphatic rings. The predicted octanol–water partition coefficient (Wildman–Crippen LogP) is 1.20. The highest BCUT2D eigenvalue weighted by atomic mass is 19.1. The molecule has 2 N–H and O–H groups in total. The molecule has 1 atom stereocenters. The summed E-state index contributed by atoms with van der Waals surface area (Å²) in [5.41, 5.74) is -0.379. The number of halogens is 2. The van der Waals surface area contributed by atoms with E-state index < -0.39 is 17.5 Å². The Hall–Kier alpha value is -1.53. The molecule has 1 aliphatic heterocycles. The van der Waals surface area contributed by atoms with Crippen LogP contribution in [-0.4, -0.2) is 43.0 Å². The van der Waals surface area contributed by atoms with Gasteiger partial charge in [-0.15, -0.1) is 0 Å². The number of hydrogen-bond acceptors (Lipinski definition) is 3. The van der Waals surface area contributed by atoms with E-state index in [0.717, 1.165) is 31.8 Å². The first-order valence-corrected chi connectivity index (χ1v) is 6.26. The monoisotopic (exact) mass is 269 g/mol. The van der Waals surface area contributed by atoms with Gasteiger partial charge in [-0.25, -0.2) is 8.78 Å². The second-order valence-electron chi connectivity index (χ2n) is 4.67. The number of nitrogens with one attached hydrogen (secondary N) is 2. The van der Waals surface area contributed by atoms with Gasteiger partial charge in [0.2, 0.25) is 5.91 Å². The van der Waals surface area contributed by atoms with E-state index in [2.05, 4.69) is 10.6 Å². The molecule has 1 aromatic rings. The van der Waals surface area contributed by atoms with Gasteiger partial charge in [-0.2, -0.15) is 0 Å². The summed E-state index contributed by atoms with van der Waals surface area (Å²) >= 11 is 0. The first-order valence-electron chi connectivity index (χ1n) is 6.26. The summed E-state index contributed by atoms with van der Waals surface area (Å²) in [6, 6.07) is 3.72. The lowest BCUT2D eigenvalue weighted by Gasteiger charge is -2.33. The number of carbonyl (C=O) groups is 1. The van der Waals surface area contributed by atoms with E-state index in [1.54, 1.807) is 0 Å². The Labute approximate surface area is 110 Å². The number of amides is 1. The molecular weight excluding hydrogens is 252 g/mol. The Morgan fingerprint density at radius 2 is 2.16 bits per heavy atom. The van der Waals surface area contributed by atoms with Crippen molar-refractivity contribution < 1.29 is 13.6 Å². The van der Waals surface area contributed by atoms with Gasteiger partial charge in [-0.05, 0) is 19.1 Å². The standard InChI is InChI=1S/C13H17F2N3O/c1-9-7-16-5-6-18(9)8-12(19)17-13-10(14)3-2-4-11(13)15/h2-4,9,16H,5-8H2,1H3,(H,17,19)/t9-/m0/s1. The molecule has 6 heteroatoms. The number of nitrogens with zero attached hydrogens (tertiary/aromatic N) is 1. The van der Waals surface area contributed by atoms with Crippen LogP contribution in [0.25, 0.3) is 0 Å². The third-order valence-corrected chi connectivity index (χ3v) is 3.21. The Kier molecular flexibility index (Phi) is 4.44. The maximum Gasteiger partial charge on any atom is 0.238 e. The van der Waals surface area contributed by atoms with Crippen molar-refractivity contribution in [3.05, 3.63) is 29.8 Å². The molecule has 1 aromatic carbocycles. The molecular formula is C13H17F2N3O. The summed E-state index contributed by atoms with van der Waals surface area (Å²) in [6.07, 6.45) is 0. The molecule has 1 fully saturated rings. The van der Waals surface area contributed by atoms with Gasteiger partial charge in [0.05, 0.1) is 6.54 Å². The SMILES string of the molecule is C[C@H]1CNCCN1CC(=O)Nc1c(F)cccc1F. The number of carbonyl (C=O) groups excluding carboxylic acids is 1. The summed E-state index contributed by atoms with van der Waals surface area (Å²) in [7, 11) is 0. The summed E-state index contributed by atoms with van der Waals surface area (Å²) in [6.45, 7) is 4.50. The van der Waals surface area contributed by atoms with Crippen LogP contribution in [0.3, 0.4) is 0 Å². The fraction of sp³-hybridized carbons (Fsp3) is 0.462. The zero-order valence-corrected chi connectivity index (χ0v) is 10.7. The van der Waals surface area contributed by atoms with Crippen molar-refractivity contribution in [2.24, 2.45) is 0 Å². The zero-order chi connectivity index (χ0) is 13.8. The van der Waals surface area contributed by atoms with Gasteiger partial charge in [-0.3, -0.25) is 9.69 Å². The number of rotatable bonds is 3. The average molecular weight is 269 g/mol. The quantitative estimate of drug-likeness (QED) is 0.866. The van der Waals surface area contributed by atoms with E-state index >= 15 is 0 Å². The average Bonchev–Trinajstić information content (AvgIpc) is 2.37. The Morgan fingerprint density at radius 3 is 2.79 bits per heavy atom. The molecule has 0 radical (unpaired) electrons. The molecule has 0 saturated carbocycles. The lowest BCUT2D eigenvalue weighted by molar-refractivity contribution is -0.118. The first-order chi connectivity index (χ1) is 9.08. The third-order valence-electron chi connectivity index (χ3n) is 3.21. The second kappa shape index (κ2) is 6.08. The molecule has 19 heavy (non-hydrogen) atoms. The van der Waals surface area contributed by atoms with E-state index in [1.165, 1.54) is 6.07 Å². The Morgan fingerprint density at radius 1 is 1.47 bits per heavy atom. The van der Waals surface area contributed by atoms with Gasteiger partial charge in [0.15, 0.2) is 0 Å². The van der Waals surface area contributed by atoms with Crippen LogP contribution >= 0.6 is 0 Å². The largest absolute Gasteiger partial charge is 0.320 e. The predicted molar refractivity (Wildman–Crippen MR) is 68.9 cm³/mol. The topological polar surface area (TPSA) is 44.4 Å². The second-order valence-corrected chi connectivity index (χ2v) is 4.67. The molecule has 104 valence electrons. The lowest BCUT2D eigenvalue weighted by atomic mass is 10.2. The van der Waals surface area contributed by atoms with Gasteiger partial charge < -0.3 is 10.6 Å². The lowest BCUT2D eigenvalue weighted by Crippen LogP contribution is -2.52. The number of hydrogen-bond donors (Lipinski definition) is 2. The fourth-order valence-electron chi connectivity index (χ4n) is 2.10. The number of piperazine rings is 1. The zero-order valence-electron chi connectivity index (χ0n) is 10.7. The van der Waals surface area contributed by atoms with Crippen LogP contribution in [0.4, 0.5) is 14.5 Å². The van der Waals surface area contributed by atoms with Crippen LogP contribution in [0.15, 0.2) is 18.2 Å². The molecule has 0 aliphatic carbocycles. The van der Waals surface area contributed by atoms with E-state index in [9.17, 15) is 13.6 Å². The first kappa shape index (κ1) is 13.9. The number of benzene rings is 1. The number of para-hydroxylation sites is 1. The molecule has 1 heterocycles. The van der Waals surface area contributed by atoms with Crippen molar-refractivity contribution in [2.75, 3.05) is 31.5 Å². The minimum absolute atomic E-state index is 0.136. The van der Waals surface area contributed by atoms with Crippen LogP contribution in [0, 0.1) is 11.6 Å². The highest BCUT2D eigenvalue weighted by Crippen LogP contribution is 2.18. The van der Waals surface area contributed by atoms with Crippen molar-refractivity contribution in [1.82, 2.24) is 10.2 Å². The van der Waals surface area contributed by atoms with Gasteiger partial charge in [0.25, 0.3) is 0 Å². The van der Waals surface area contributed by atoms with Crippen LogP contribution in [-0.2, 0) is 4.79 Å². The van der Waals surface area contributed by atoms with Gasteiger partial charge in [0.1, 0.15) is 17.3 Å². The summed E-state index contributed by atoms with van der Waals surface area (Å²) in [5, 5.41) is 5.51. The molecule has 0 bridgehead atoms. The van der Waals surface area contributed by atoms with E-state index in [-0.39, 0.29) is 18.3 Å². The Bertz CT molecular complexity index is 447. The molecule has 0 aromatic heterocycles. The fourth-order valence-corrected chi connectivity index (χ4v) is 2.10. The molecule has 1 amide bonds. The minimum Gasteiger partial charge on any atom is -0.320 e. The maximum absolute atomic E-state index is 13.4. The highest BCUT2D eigenvalue weighted by molar-refractivity contribution is 5.92. The van der Waals surface area contributed by atoms with E-state index in [0.29, 0.717) is 0 Å². The van der Waals surface area contributed by atoms with Crippen molar-refractivity contribution in [1.29, 1.82) is 0 Å². The van der Waals surface area contributed by atoms with Crippen molar-refractivity contribution in [3.8, 4) is 0 Å². The van der Waals surface area contributed by atoms with Crippen molar-refractivity contribution in [3.63, 3.8) is 0 Å². The molecule has 0 unspecified atom stereocenters. The number of anilines is 1. The third kappa shape index (κ3) is 3.48. The van der Waals surface area contributed by atoms with Crippen LogP contribution < -0.4 is 10.6 Å². The normalized spacial score (nSPS) is 20.3. The minimum atomic E-state index is -0.762. The van der Waals surface area contributed by atoms with Gasteiger partial charge in [-0.1, -0.05) is 6.07 Å². The van der Waals surface area contributed by atoms with Crippen LogP contribution in [0.1, 0.15) is 6.92 Å². The smallest absolute Gasteiger partial charge is 0.238 e. The maximum atomic E-state index is 13.4. The Balaban J connectivity index is 1.97.